The highest BCUT2D eigenvalue weighted by Crippen LogP contribution is 2.51. The van der Waals surface area contributed by atoms with Gasteiger partial charge in [0.2, 0.25) is 21.9 Å². The van der Waals surface area contributed by atoms with Crippen LogP contribution in [0.4, 0.5) is 29.3 Å². The van der Waals surface area contributed by atoms with E-state index < -0.39 is 33.5 Å². The first kappa shape index (κ1) is 28.4. The number of benzene rings is 2. The number of halogens is 5. The minimum Gasteiger partial charge on any atom is -0.366 e. The fourth-order valence-corrected chi connectivity index (χ4v) is 5.10. The average molecular weight is 610 g/mol. The van der Waals surface area contributed by atoms with Gasteiger partial charge in [0.05, 0.1) is 21.7 Å². The maximum Gasteiger partial charge on any atom is 0.411 e. The van der Waals surface area contributed by atoms with E-state index in [2.05, 4.69) is 25.6 Å². The van der Waals surface area contributed by atoms with Crippen LogP contribution in [-0.2, 0) is 16.6 Å². The number of amides is 1. The van der Waals surface area contributed by atoms with Gasteiger partial charge in [0, 0.05) is 17.1 Å². The van der Waals surface area contributed by atoms with E-state index in [-0.39, 0.29) is 68.9 Å². The summed E-state index contributed by atoms with van der Waals surface area (Å²) in [6.45, 7) is -0.0541. The van der Waals surface area contributed by atoms with Crippen LogP contribution in [0.5, 0.6) is 0 Å². The number of hydrogen-bond acceptors (Lipinski definition) is 8. The molecule has 0 aliphatic heterocycles. The number of anilines is 2. The number of rotatable bonds is 8. The molecule has 1 fully saturated rings. The van der Waals surface area contributed by atoms with E-state index in [1.807, 2.05) is 0 Å². The van der Waals surface area contributed by atoms with Gasteiger partial charge in [-0.1, -0.05) is 11.6 Å². The molecule has 0 saturated heterocycles. The number of fused-ring (bicyclic) bond motifs is 1. The lowest BCUT2D eigenvalue weighted by molar-refractivity contribution is -0.151. The van der Waals surface area contributed by atoms with Crippen LogP contribution in [0, 0.1) is 5.82 Å². The summed E-state index contributed by atoms with van der Waals surface area (Å²) >= 11 is 6.01. The summed E-state index contributed by atoms with van der Waals surface area (Å²) < 4.78 is 78.8. The predicted octanol–water partition coefficient (Wildman–Crippen LogP) is 4.35. The molecular weight excluding hydrogens is 590 g/mol. The summed E-state index contributed by atoms with van der Waals surface area (Å²) in [5, 5.41) is 10.6. The molecule has 2 heterocycles. The van der Waals surface area contributed by atoms with E-state index >= 15 is 0 Å². The van der Waals surface area contributed by atoms with E-state index in [0.29, 0.717) is 5.56 Å². The van der Waals surface area contributed by atoms with Crippen molar-refractivity contribution >= 4 is 50.3 Å². The summed E-state index contributed by atoms with van der Waals surface area (Å²) in [5.41, 5.74) is 3.80. The smallest absolute Gasteiger partial charge is 0.366 e. The second kappa shape index (κ2) is 10.1. The third-order valence-electron chi connectivity index (χ3n) is 6.43. The molecule has 1 aliphatic rings. The third kappa shape index (κ3) is 5.87. The minimum absolute atomic E-state index is 0.0393. The Morgan fingerprint density at radius 2 is 1.78 bits per heavy atom. The number of primary sulfonamides is 1. The molecule has 2 aromatic heterocycles. The Hall–Kier alpha value is -4.08. The van der Waals surface area contributed by atoms with Crippen LogP contribution in [0.3, 0.4) is 0 Å². The van der Waals surface area contributed by atoms with E-state index in [0.717, 1.165) is 12.1 Å². The standard InChI is InChI=1S/C25H20ClF4N7O3S/c26-13-7-12(8-15(9-13)41(32,39)40)11-33-23-35-19-4-3-18(16-2-1-14(27)10-17(16)21(31)38)34-20(19)22(36-23)37-24(5-6-24)25(28,29)30/h1-4,7-10H,5-6,11H2,(H2,31,38)(H2,32,39,40)(H2,33,35,36,37). The Morgan fingerprint density at radius 3 is 2.41 bits per heavy atom. The van der Waals surface area contributed by atoms with Crippen molar-refractivity contribution in [2.45, 2.75) is 36.0 Å². The first-order chi connectivity index (χ1) is 19.1. The molecule has 0 unspecified atom stereocenters. The zero-order valence-corrected chi connectivity index (χ0v) is 22.3. The Labute approximate surface area is 235 Å². The number of aromatic nitrogens is 3. The van der Waals surface area contributed by atoms with Gasteiger partial charge in [0.15, 0.2) is 5.82 Å². The lowest BCUT2D eigenvalue weighted by Crippen LogP contribution is -2.39. The highest BCUT2D eigenvalue weighted by atomic mass is 35.5. The predicted molar refractivity (Wildman–Crippen MR) is 143 cm³/mol. The van der Waals surface area contributed by atoms with Crippen molar-refractivity contribution in [1.29, 1.82) is 0 Å². The van der Waals surface area contributed by atoms with Gasteiger partial charge in [-0.25, -0.2) is 27.9 Å². The number of carbonyl (C=O) groups excluding carboxylic acids is 1. The first-order valence-electron chi connectivity index (χ1n) is 11.8. The second-order valence-electron chi connectivity index (χ2n) is 9.41. The molecule has 1 saturated carbocycles. The monoisotopic (exact) mass is 609 g/mol. The van der Waals surface area contributed by atoms with Crippen LogP contribution < -0.4 is 21.5 Å². The molecule has 214 valence electrons. The van der Waals surface area contributed by atoms with Crippen LogP contribution in [0.15, 0.2) is 53.4 Å². The van der Waals surface area contributed by atoms with Gasteiger partial charge in [-0.15, -0.1) is 0 Å². The molecule has 6 N–H and O–H groups in total. The molecule has 10 nitrogen and oxygen atoms in total. The third-order valence-corrected chi connectivity index (χ3v) is 7.54. The number of pyridine rings is 1. The number of nitrogens with one attached hydrogen (secondary N) is 2. The maximum absolute atomic E-state index is 13.8. The Bertz CT molecular complexity index is 1820. The van der Waals surface area contributed by atoms with Crippen molar-refractivity contribution < 1.29 is 30.8 Å². The Morgan fingerprint density at radius 1 is 1.05 bits per heavy atom. The summed E-state index contributed by atoms with van der Waals surface area (Å²) in [7, 11) is -4.05. The SMILES string of the molecule is NC(=O)c1cc(F)ccc1-c1ccc2nc(NCc3cc(Cl)cc(S(N)(=O)=O)c3)nc(NC3(C(F)(F)F)CC3)c2n1. The zero-order chi connectivity index (χ0) is 29.7. The number of nitrogens with zero attached hydrogens (tertiary/aromatic N) is 3. The molecule has 5 rings (SSSR count). The van der Waals surface area contributed by atoms with E-state index in [4.69, 9.17) is 22.5 Å². The van der Waals surface area contributed by atoms with Gasteiger partial charge in [-0.2, -0.15) is 18.2 Å². The maximum atomic E-state index is 13.8. The van der Waals surface area contributed by atoms with Crippen LogP contribution >= 0.6 is 11.6 Å². The van der Waals surface area contributed by atoms with Gasteiger partial charge in [0.1, 0.15) is 16.9 Å². The quantitative estimate of drug-likeness (QED) is 0.214. The van der Waals surface area contributed by atoms with Gasteiger partial charge < -0.3 is 16.4 Å². The molecule has 41 heavy (non-hydrogen) atoms. The molecular formula is C25H20ClF4N7O3S. The zero-order valence-electron chi connectivity index (χ0n) is 20.8. The number of primary amides is 1. The van der Waals surface area contributed by atoms with Gasteiger partial charge in [0.25, 0.3) is 0 Å². The molecule has 4 aromatic rings. The molecule has 1 amide bonds. The summed E-state index contributed by atoms with van der Waals surface area (Å²) in [5.74, 6) is -1.96. The number of sulfonamides is 1. The minimum atomic E-state index is -4.59. The summed E-state index contributed by atoms with van der Waals surface area (Å²) in [6.07, 6.45) is -4.96. The molecule has 16 heteroatoms. The Balaban J connectivity index is 1.57. The number of nitrogens with two attached hydrogens (primary N) is 2. The van der Waals surface area contributed by atoms with Crippen LogP contribution in [0.2, 0.25) is 5.02 Å². The highest BCUT2D eigenvalue weighted by Gasteiger charge is 2.64. The fraction of sp³-hybridized carbons (Fsp3) is 0.200. The molecule has 0 radical (unpaired) electrons. The fourth-order valence-electron chi connectivity index (χ4n) is 4.17. The summed E-state index contributed by atoms with van der Waals surface area (Å²) in [4.78, 5) is 24.7. The molecule has 1 aliphatic carbocycles. The number of carbonyl (C=O) groups is 1. The largest absolute Gasteiger partial charge is 0.411 e. The topological polar surface area (TPSA) is 166 Å². The van der Waals surface area contributed by atoms with Crippen molar-refractivity contribution in [2.75, 3.05) is 10.6 Å². The lowest BCUT2D eigenvalue weighted by atomic mass is 10.0. The highest BCUT2D eigenvalue weighted by molar-refractivity contribution is 7.89. The molecule has 0 spiro atoms. The molecule has 0 bridgehead atoms. The first-order valence-corrected chi connectivity index (χ1v) is 13.8. The molecule has 0 atom stereocenters. The van der Waals surface area contributed by atoms with Gasteiger partial charge in [-0.3, -0.25) is 4.79 Å². The van der Waals surface area contributed by atoms with Crippen molar-refractivity contribution in [3.63, 3.8) is 0 Å². The number of alkyl halides is 3. The van der Waals surface area contributed by atoms with Crippen molar-refractivity contribution in [3.05, 3.63) is 70.5 Å². The average Bonchev–Trinajstić information content (AvgIpc) is 3.67. The van der Waals surface area contributed by atoms with E-state index in [1.165, 1.54) is 36.4 Å². The van der Waals surface area contributed by atoms with Crippen molar-refractivity contribution in [3.8, 4) is 11.3 Å². The normalized spacial score (nSPS) is 14.6. The number of hydrogen-bond donors (Lipinski definition) is 4. The Kier molecular flexibility index (Phi) is 6.99. The van der Waals surface area contributed by atoms with Gasteiger partial charge >= 0.3 is 6.18 Å². The van der Waals surface area contributed by atoms with Crippen LogP contribution in [-0.4, -0.2) is 41.0 Å². The van der Waals surface area contributed by atoms with Crippen molar-refractivity contribution in [1.82, 2.24) is 15.0 Å². The molecule has 2 aromatic carbocycles. The van der Waals surface area contributed by atoms with Gasteiger partial charge in [-0.05, 0) is 66.9 Å². The van der Waals surface area contributed by atoms with Crippen LogP contribution in [0.1, 0.15) is 28.8 Å². The van der Waals surface area contributed by atoms with E-state index in [1.54, 1.807) is 0 Å². The van der Waals surface area contributed by atoms with E-state index in [9.17, 15) is 30.8 Å². The second-order valence-corrected chi connectivity index (χ2v) is 11.4. The summed E-state index contributed by atoms with van der Waals surface area (Å²) in [6, 6.07) is 10.2. The van der Waals surface area contributed by atoms with Crippen LogP contribution in [0.25, 0.3) is 22.3 Å². The lowest BCUT2D eigenvalue weighted by Gasteiger charge is -2.22. The van der Waals surface area contributed by atoms with Crippen molar-refractivity contribution in [2.24, 2.45) is 10.9 Å².